The average Bonchev–Trinajstić information content (AvgIpc) is 3.65. The molecule has 0 aliphatic heterocycles. The molecule has 1 unspecified atom stereocenters. The Morgan fingerprint density at radius 3 is 1.15 bits per heavy atom. The molecule has 0 saturated carbocycles. The second-order valence-electron chi connectivity index (χ2n) is 22.5. The van der Waals surface area contributed by atoms with E-state index in [4.69, 9.17) is 9.47 Å². The number of carbonyl (C=O) groups is 3. The summed E-state index contributed by atoms with van der Waals surface area (Å²) in [6.45, 7) is 21.8. The summed E-state index contributed by atoms with van der Waals surface area (Å²) in [5.41, 5.74) is 2.82. The molecule has 0 aliphatic carbocycles. The smallest absolute Gasteiger partial charge is 1.00 e. The van der Waals surface area contributed by atoms with Gasteiger partial charge in [0.25, 0.3) is 0 Å². The van der Waals surface area contributed by atoms with Gasteiger partial charge in [0.15, 0.2) is 11.6 Å². The monoisotopic (exact) mass is 1500 g/mol. The van der Waals surface area contributed by atoms with Crippen molar-refractivity contribution in [3.8, 4) is 11.5 Å². The number of rotatable bonds is 40. The maximum atomic E-state index is 12.6. The van der Waals surface area contributed by atoms with Crippen LogP contribution in [0.5, 0.6) is 11.5 Å². The molecule has 13 heteroatoms. The molecular weight excluding hydrogens is 1380 g/mol. The van der Waals surface area contributed by atoms with Gasteiger partial charge in [0.1, 0.15) is 24.6 Å². The number of alkyl halides is 1. The van der Waals surface area contributed by atoms with E-state index < -0.39 is 0 Å². The van der Waals surface area contributed by atoms with Gasteiger partial charge in [-0.25, -0.2) is 0 Å². The molecule has 1 atom stereocenters. The minimum atomic E-state index is 0. The van der Waals surface area contributed by atoms with E-state index in [0.717, 1.165) is 65.9 Å². The van der Waals surface area contributed by atoms with Crippen molar-refractivity contribution in [2.45, 2.75) is 210 Å². The first-order chi connectivity index (χ1) is 38.2. The Morgan fingerprint density at radius 1 is 0.424 bits per heavy atom. The van der Waals surface area contributed by atoms with Crippen molar-refractivity contribution in [1.82, 2.24) is 4.90 Å². The molecule has 0 aliphatic rings. The molecule has 0 radical (unpaired) electrons. The van der Waals surface area contributed by atoms with Crippen molar-refractivity contribution in [3.05, 3.63) is 131 Å². The number of likely N-dealkylation sites (N-methyl/N-ethyl adjacent to an activating group) is 2. The van der Waals surface area contributed by atoms with Crippen molar-refractivity contribution in [2.75, 3.05) is 86.0 Å². The van der Waals surface area contributed by atoms with Gasteiger partial charge in [-0.15, -0.1) is 0 Å². The van der Waals surface area contributed by atoms with Crippen LogP contribution in [0.4, 0.5) is 0 Å². The van der Waals surface area contributed by atoms with Crippen LogP contribution >= 0.6 is 15.9 Å². The molecule has 9 nitrogen and oxygen atoms in total. The zero-order chi connectivity index (χ0) is 58.3. The number of unbranched alkanes of at least 4 members (excludes halogenated alkanes) is 17. The van der Waals surface area contributed by atoms with E-state index in [1.165, 1.54) is 166 Å². The van der Waals surface area contributed by atoms with Crippen LogP contribution in [0.1, 0.15) is 242 Å². The molecule has 4 aromatic rings. The molecule has 1 amide bonds. The fourth-order valence-corrected chi connectivity index (χ4v) is 9.80. The number of halogens is 3. The van der Waals surface area contributed by atoms with Gasteiger partial charge in [-0.2, -0.15) is 0 Å². The number of hydrogen-bond donors (Lipinski definition) is 0. The van der Waals surface area contributed by atoms with E-state index >= 15 is 0 Å². The number of benzene rings is 4. The van der Waals surface area contributed by atoms with Gasteiger partial charge in [0.05, 0.1) is 54.0 Å². The van der Waals surface area contributed by atoms with Crippen LogP contribution in [-0.2, 0) is 4.79 Å². The fraction of sp³-hybridized carbons (Fsp3) is 0.625. The molecule has 4 aromatic carbocycles. The number of ketones is 2. The number of carbonyl (C=O) groups excluding carboxylic acids is 3. The number of nitrogens with zero attached hydrogens (tertiary/aromatic N) is 3. The summed E-state index contributed by atoms with van der Waals surface area (Å²) in [5.74, 6) is 2.00. The SMILES string of the molecule is C.C.CCCCC.CCCCCCCCCCCC[N+](C)(C)CC[N+](C)(CCC)CCCCCCOc1ccc(C(=O)c2ccccc2)cc1.CCCN(C)C(=O)CC.O=C(c1ccccc1)c1ccc(OCCCCCCBr)cc1.[I-].[I-].[K+].[OH-]. The van der Waals surface area contributed by atoms with Gasteiger partial charge in [-0.05, 0) is 113 Å². The third-order valence-electron chi connectivity index (χ3n) is 14.6. The zero-order valence-electron chi connectivity index (χ0n) is 54.2. The summed E-state index contributed by atoms with van der Waals surface area (Å²) in [7, 11) is 9.21. The molecule has 4 rings (SSSR count). The largest absolute Gasteiger partial charge is 1.00 e. The molecule has 0 bridgehead atoms. The molecular formula is C72H123BrI2KN3O6. The van der Waals surface area contributed by atoms with Crippen LogP contribution < -0.4 is 109 Å². The molecule has 0 spiro atoms. The Labute approximate surface area is 608 Å². The third-order valence-corrected chi connectivity index (χ3v) is 15.1. The Kier molecular flexibility index (Phi) is 70.2. The number of hydrogen-bond acceptors (Lipinski definition) is 6. The predicted octanol–water partition coefficient (Wildman–Crippen LogP) is 10.5. The van der Waals surface area contributed by atoms with Crippen LogP contribution in [0.3, 0.4) is 0 Å². The van der Waals surface area contributed by atoms with Crippen molar-refractivity contribution in [1.29, 1.82) is 0 Å². The van der Waals surface area contributed by atoms with E-state index in [9.17, 15) is 14.4 Å². The summed E-state index contributed by atoms with van der Waals surface area (Å²) in [4.78, 5) is 37.5. The van der Waals surface area contributed by atoms with Crippen LogP contribution in [0.2, 0.25) is 0 Å². The van der Waals surface area contributed by atoms with E-state index in [-0.39, 0.29) is 137 Å². The van der Waals surface area contributed by atoms with E-state index in [0.29, 0.717) is 23.1 Å². The second kappa shape index (κ2) is 62.9. The molecule has 0 aromatic heterocycles. The fourth-order valence-electron chi connectivity index (χ4n) is 9.41. The van der Waals surface area contributed by atoms with Crippen LogP contribution in [0.25, 0.3) is 0 Å². The van der Waals surface area contributed by atoms with E-state index in [1.54, 1.807) is 4.90 Å². The van der Waals surface area contributed by atoms with E-state index in [1.807, 2.05) is 123 Å². The minimum absolute atomic E-state index is 0. The first-order valence-corrected chi connectivity index (χ1v) is 32.5. The molecule has 0 fully saturated rings. The summed E-state index contributed by atoms with van der Waals surface area (Å²) in [6.07, 6.45) is 30.7. The standard InChI is InChI=1S/C39H66N2O2.C19H21BrO2.C7H15NO.C5H12.2CH4.2HI.K.H2O/c1-6-8-9-10-11-12-13-14-15-21-31-40(3,4)33-34-41(5,30-7-2)32-22-16-17-23-35-43-38-28-26-37(27-29-38)39(42)36-24-19-18-20-25-36;20-14-6-1-2-7-15-22-18-12-10-17(11-13-18)19(21)16-8-4-3-5-9-16;1-4-6-8(3)7(9)5-2;1-3-5-4-2;;;;;;/h18-20,24-29H,6-17,21-23,30-35H2,1-5H3;3-5,8-13H,1-2,6-7,14-15H2;4-6H2,1-3H3;3-5H2,1-2H3;2*1H4;2*1H;;1H2/q+2;;;;;;;;+1;/p-3. The maximum Gasteiger partial charge on any atom is 1.00 e. The quantitative estimate of drug-likeness (QED) is 0.0110. The number of amides is 1. The Hall–Kier alpha value is -1.25. The van der Waals surface area contributed by atoms with Crippen LogP contribution in [-0.4, -0.2) is 123 Å². The van der Waals surface area contributed by atoms with Crippen LogP contribution in [0, 0.1) is 0 Å². The van der Waals surface area contributed by atoms with Gasteiger partial charge < -0.3 is 76.8 Å². The number of quaternary nitrogens is 2. The number of ether oxygens (including phenoxy) is 2. The summed E-state index contributed by atoms with van der Waals surface area (Å²) in [6, 6.07) is 33.7. The molecule has 85 heavy (non-hydrogen) atoms. The van der Waals surface area contributed by atoms with Crippen molar-refractivity contribution in [3.63, 3.8) is 0 Å². The normalized spacial score (nSPS) is 10.8. The second-order valence-corrected chi connectivity index (χ2v) is 23.3. The minimum Gasteiger partial charge on any atom is -1.00 e. The van der Waals surface area contributed by atoms with Crippen molar-refractivity contribution < 1.29 is 138 Å². The molecule has 1 N–H and O–H groups in total. The van der Waals surface area contributed by atoms with Gasteiger partial charge in [0.2, 0.25) is 5.91 Å². The maximum absolute atomic E-state index is 12.6. The van der Waals surface area contributed by atoms with Crippen LogP contribution in [0.15, 0.2) is 109 Å². The Morgan fingerprint density at radius 2 is 0.788 bits per heavy atom. The van der Waals surface area contributed by atoms with Gasteiger partial charge in [0, 0.05) is 47.6 Å². The predicted molar refractivity (Wildman–Crippen MR) is 358 cm³/mol. The van der Waals surface area contributed by atoms with Gasteiger partial charge in [-0.1, -0.05) is 216 Å². The summed E-state index contributed by atoms with van der Waals surface area (Å²) in [5, 5.41) is 1.07. The molecule has 484 valence electrons. The van der Waals surface area contributed by atoms with E-state index in [2.05, 4.69) is 71.7 Å². The Balaban J connectivity index is -0.000000310. The first kappa shape index (κ1) is 94.9. The third kappa shape index (κ3) is 49.2. The zero-order valence-corrected chi connectivity index (χ0v) is 63.2. The summed E-state index contributed by atoms with van der Waals surface area (Å²) < 4.78 is 14.0. The molecule has 0 heterocycles. The topological polar surface area (TPSA) is 103 Å². The van der Waals surface area contributed by atoms with Gasteiger partial charge >= 0.3 is 51.4 Å². The average molecular weight is 1500 g/mol. The van der Waals surface area contributed by atoms with Crippen molar-refractivity contribution >= 4 is 33.4 Å². The van der Waals surface area contributed by atoms with Crippen molar-refractivity contribution in [2.24, 2.45) is 0 Å². The molecule has 0 saturated heterocycles. The van der Waals surface area contributed by atoms with Gasteiger partial charge in [-0.3, -0.25) is 14.4 Å². The summed E-state index contributed by atoms with van der Waals surface area (Å²) >= 11 is 3.43. The first-order valence-electron chi connectivity index (χ1n) is 31.3. The Bertz CT molecular complexity index is 2090.